The van der Waals surface area contributed by atoms with Gasteiger partial charge in [0.1, 0.15) is 11.5 Å². The first-order chi connectivity index (χ1) is 14.7. The van der Waals surface area contributed by atoms with Crippen molar-refractivity contribution in [1.29, 1.82) is 0 Å². The van der Waals surface area contributed by atoms with Crippen LogP contribution in [0.1, 0.15) is 17.0 Å². The van der Waals surface area contributed by atoms with E-state index in [2.05, 4.69) is 16.0 Å². The normalized spacial score (nSPS) is 14.8. The van der Waals surface area contributed by atoms with Gasteiger partial charge in [0.2, 0.25) is 5.91 Å². The predicted molar refractivity (Wildman–Crippen MR) is 119 cm³/mol. The molecule has 0 spiro atoms. The van der Waals surface area contributed by atoms with Crippen molar-refractivity contribution in [3.8, 4) is 11.5 Å². The molecule has 158 valence electrons. The molecular weight excluding hydrogens is 398 g/mol. The quantitative estimate of drug-likeness (QED) is 0.579. The van der Waals surface area contributed by atoms with Gasteiger partial charge in [-0.15, -0.1) is 11.3 Å². The third-order valence-corrected chi connectivity index (χ3v) is 6.59. The molecule has 6 nitrogen and oxygen atoms in total. The first-order valence-corrected chi connectivity index (χ1v) is 11.0. The van der Waals surface area contributed by atoms with Crippen molar-refractivity contribution in [3.63, 3.8) is 0 Å². The number of aryl methyl sites for hydroxylation is 1. The Morgan fingerprint density at radius 2 is 1.87 bits per heavy atom. The van der Waals surface area contributed by atoms with Crippen LogP contribution in [-0.2, 0) is 17.8 Å². The van der Waals surface area contributed by atoms with Gasteiger partial charge in [-0.1, -0.05) is 12.1 Å². The summed E-state index contributed by atoms with van der Waals surface area (Å²) >= 11 is 1.68. The Balaban J connectivity index is 1.28. The largest absolute Gasteiger partial charge is 0.497 e. The molecule has 1 aliphatic rings. The van der Waals surface area contributed by atoms with Crippen LogP contribution in [0.2, 0.25) is 0 Å². The third kappa shape index (κ3) is 4.74. The number of nitrogens with zero attached hydrogens (tertiary/aromatic N) is 3. The van der Waals surface area contributed by atoms with Crippen LogP contribution in [0.3, 0.4) is 0 Å². The number of hydrogen-bond donors (Lipinski definition) is 0. The fourth-order valence-electron chi connectivity index (χ4n) is 3.80. The van der Waals surface area contributed by atoms with Gasteiger partial charge in [0.05, 0.1) is 29.4 Å². The lowest BCUT2D eigenvalue weighted by Gasteiger charge is -2.35. The number of rotatable bonds is 7. The average molecular weight is 426 g/mol. The molecule has 0 bridgehead atoms. The monoisotopic (exact) mass is 425 g/mol. The van der Waals surface area contributed by atoms with E-state index in [1.807, 2.05) is 41.3 Å². The van der Waals surface area contributed by atoms with Crippen LogP contribution >= 0.6 is 11.3 Å². The fourth-order valence-corrected chi connectivity index (χ4v) is 4.77. The molecule has 2 aromatic carbocycles. The Labute approximate surface area is 181 Å². The second kappa shape index (κ2) is 9.45. The number of hydrogen-bond acceptors (Lipinski definition) is 6. The summed E-state index contributed by atoms with van der Waals surface area (Å²) in [6.07, 6.45) is 1.23. The summed E-state index contributed by atoms with van der Waals surface area (Å²) in [5.41, 5.74) is 2.12. The summed E-state index contributed by atoms with van der Waals surface area (Å²) < 4.78 is 12.0. The van der Waals surface area contributed by atoms with E-state index in [4.69, 9.17) is 9.47 Å². The van der Waals surface area contributed by atoms with Crippen molar-refractivity contribution in [3.05, 3.63) is 53.0 Å². The molecule has 0 atom stereocenters. The summed E-state index contributed by atoms with van der Waals surface area (Å²) in [7, 11) is 3.36. The van der Waals surface area contributed by atoms with E-state index in [0.717, 1.165) is 60.3 Å². The van der Waals surface area contributed by atoms with Crippen molar-refractivity contribution in [2.75, 3.05) is 40.4 Å². The maximum atomic E-state index is 12.7. The van der Waals surface area contributed by atoms with Crippen molar-refractivity contribution < 1.29 is 14.3 Å². The zero-order valence-corrected chi connectivity index (χ0v) is 18.3. The minimum Gasteiger partial charge on any atom is -0.497 e. The first kappa shape index (κ1) is 20.6. The highest BCUT2D eigenvalue weighted by Crippen LogP contribution is 2.26. The third-order valence-electron chi connectivity index (χ3n) is 5.50. The molecule has 2 heterocycles. The Bertz CT molecular complexity index is 979. The van der Waals surface area contributed by atoms with E-state index in [-0.39, 0.29) is 5.91 Å². The molecule has 30 heavy (non-hydrogen) atoms. The highest BCUT2D eigenvalue weighted by molar-refractivity contribution is 7.18. The zero-order chi connectivity index (χ0) is 20.9. The highest BCUT2D eigenvalue weighted by atomic mass is 32.1. The Morgan fingerprint density at radius 1 is 1.07 bits per heavy atom. The Kier molecular flexibility index (Phi) is 6.50. The molecule has 0 N–H and O–H groups in total. The van der Waals surface area contributed by atoms with Crippen molar-refractivity contribution >= 4 is 27.5 Å². The second-order valence-electron chi connectivity index (χ2n) is 7.41. The van der Waals surface area contributed by atoms with Crippen LogP contribution in [0.5, 0.6) is 11.5 Å². The molecule has 1 saturated heterocycles. The topological polar surface area (TPSA) is 54.9 Å². The molecular formula is C23H27N3O3S. The molecule has 0 unspecified atom stereocenters. The summed E-state index contributed by atoms with van der Waals surface area (Å²) in [5, 5.41) is 1.04. The number of piperazine rings is 1. The lowest BCUT2D eigenvalue weighted by molar-refractivity contribution is -0.133. The lowest BCUT2D eigenvalue weighted by atomic mass is 10.1. The highest BCUT2D eigenvalue weighted by Gasteiger charge is 2.22. The summed E-state index contributed by atoms with van der Waals surface area (Å²) in [5.74, 6) is 1.91. The zero-order valence-electron chi connectivity index (χ0n) is 17.5. The van der Waals surface area contributed by atoms with E-state index in [9.17, 15) is 4.79 Å². The number of fused-ring (bicyclic) bond motifs is 1. The molecule has 1 aromatic heterocycles. The SMILES string of the molecule is COc1ccc(OC)c(CN2CCN(C(=O)CCc3nc4ccccc4s3)CC2)c1. The number of aromatic nitrogens is 1. The second-order valence-corrected chi connectivity index (χ2v) is 8.53. The van der Waals surface area contributed by atoms with Crippen LogP contribution < -0.4 is 9.47 Å². The average Bonchev–Trinajstić information content (AvgIpc) is 3.21. The van der Waals surface area contributed by atoms with Gasteiger partial charge in [-0.3, -0.25) is 9.69 Å². The number of ether oxygens (including phenoxy) is 2. The molecule has 0 aliphatic carbocycles. The number of carbonyl (C=O) groups excluding carboxylic acids is 1. The minimum absolute atomic E-state index is 0.216. The van der Waals surface area contributed by atoms with Gasteiger partial charge in [-0.05, 0) is 30.3 Å². The van der Waals surface area contributed by atoms with Gasteiger partial charge in [-0.2, -0.15) is 0 Å². The molecule has 0 saturated carbocycles. The first-order valence-electron chi connectivity index (χ1n) is 10.2. The Morgan fingerprint density at radius 3 is 2.60 bits per heavy atom. The van der Waals surface area contributed by atoms with E-state index in [0.29, 0.717) is 12.8 Å². The maximum absolute atomic E-state index is 12.7. The van der Waals surface area contributed by atoms with Crippen LogP contribution in [0.4, 0.5) is 0 Å². The fraction of sp³-hybridized carbons (Fsp3) is 0.391. The lowest BCUT2D eigenvalue weighted by Crippen LogP contribution is -2.48. The molecule has 7 heteroatoms. The number of carbonyl (C=O) groups is 1. The molecule has 0 radical (unpaired) electrons. The predicted octanol–water partition coefficient (Wildman–Crippen LogP) is 3.59. The summed E-state index contributed by atoms with van der Waals surface area (Å²) in [6.45, 7) is 4.00. The summed E-state index contributed by atoms with van der Waals surface area (Å²) in [6, 6.07) is 14.0. The molecule has 3 aromatic rings. The van der Waals surface area contributed by atoms with E-state index < -0.39 is 0 Å². The van der Waals surface area contributed by atoms with Gasteiger partial charge in [0, 0.05) is 51.1 Å². The van der Waals surface area contributed by atoms with Crippen molar-refractivity contribution in [1.82, 2.24) is 14.8 Å². The number of para-hydroxylation sites is 1. The standard InChI is InChI=1S/C23H27N3O3S/c1-28-18-7-8-20(29-2)17(15-18)16-25-11-13-26(14-12-25)23(27)10-9-22-24-19-5-3-4-6-21(19)30-22/h3-8,15H,9-14,16H2,1-2H3. The van der Waals surface area contributed by atoms with Gasteiger partial charge >= 0.3 is 0 Å². The van der Waals surface area contributed by atoms with Gasteiger partial charge in [0.25, 0.3) is 0 Å². The number of thiazole rings is 1. The van der Waals surface area contributed by atoms with Crippen LogP contribution in [0.25, 0.3) is 10.2 Å². The molecule has 1 amide bonds. The molecule has 1 aliphatic heterocycles. The van der Waals surface area contributed by atoms with E-state index >= 15 is 0 Å². The van der Waals surface area contributed by atoms with Crippen molar-refractivity contribution in [2.45, 2.75) is 19.4 Å². The smallest absolute Gasteiger partial charge is 0.223 e. The molecule has 1 fully saturated rings. The minimum atomic E-state index is 0.216. The van der Waals surface area contributed by atoms with Crippen molar-refractivity contribution in [2.24, 2.45) is 0 Å². The number of amides is 1. The van der Waals surface area contributed by atoms with Crippen LogP contribution in [-0.4, -0.2) is 61.1 Å². The summed E-state index contributed by atoms with van der Waals surface area (Å²) in [4.78, 5) is 21.7. The maximum Gasteiger partial charge on any atom is 0.223 e. The van der Waals surface area contributed by atoms with Gasteiger partial charge < -0.3 is 14.4 Å². The van der Waals surface area contributed by atoms with Gasteiger partial charge in [0.15, 0.2) is 0 Å². The number of methoxy groups -OCH3 is 2. The molecule has 4 rings (SSSR count). The Hall–Kier alpha value is -2.64. The van der Waals surface area contributed by atoms with E-state index in [1.165, 1.54) is 4.70 Å². The van der Waals surface area contributed by atoms with Crippen LogP contribution in [0.15, 0.2) is 42.5 Å². The van der Waals surface area contributed by atoms with E-state index in [1.54, 1.807) is 25.6 Å². The number of benzene rings is 2. The van der Waals surface area contributed by atoms with Crippen LogP contribution in [0, 0.1) is 0 Å². The van der Waals surface area contributed by atoms with Gasteiger partial charge in [-0.25, -0.2) is 4.98 Å².